The molecule has 3 N–H and O–H groups in total. The normalized spacial score (nSPS) is 20.6. The number of nitrogens with two attached hydrogens (primary N) is 1. The van der Waals surface area contributed by atoms with E-state index >= 15 is 0 Å². The number of aliphatic imine (C=N–C) groups is 1. The smallest absolute Gasteiger partial charge is 0.191 e. The van der Waals surface area contributed by atoms with Crippen LogP contribution in [0.4, 0.5) is 0 Å². The minimum atomic E-state index is 0.616. The van der Waals surface area contributed by atoms with E-state index in [-0.39, 0.29) is 0 Å². The van der Waals surface area contributed by atoms with Crippen LogP contribution in [-0.2, 0) is 6.54 Å². The van der Waals surface area contributed by atoms with Gasteiger partial charge in [0.2, 0.25) is 0 Å². The SMILES string of the molecule is CC1CCCN(C(N)=NCc2cc3ccccc3[nH]2)C1. The summed E-state index contributed by atoms with van der Waals surface area (Å²) in [6, 6.07) is 10.4. The number of para-hydroxylation sites is 1. The predicted octanol–water partition coefficient (Wildman–Crippen LogP) is 2.71. The highest BCUT2D eigenvalue weighted by Gasteiger charge is 2.17. The van der Waals surface area contributed by atoms with Gasteiger partial charge in [0, 0.05) is 24.3 Å². The van der Waals surface area contributed by atoms with Crippen LogP contribution in [0.1, 0.15) is 25.5 Å². The number of hydrogen-bond donors (Lipinski definition) is 2. The molecule has 20 heavy (non-hydrogen) atoms. The Balaban J connectivity index is 1.69. The maximum atomic E-state index is 6.11. The molecule has 2 heterocycles. The molecule has 1 saturated heterocycles. The maximum absolute atomic E-state index is 6.11. The number of rotatable bonds is 2. The summed E-state index contributed by atoms with van der Waals surface area (Å²) in [6.45, 7) is 4.96. The molecule has 1 aromatic heterocycles. The first-order chi connectivity index (χ1) is 9.72. The van der Waals surface area contributed by atoms with Crippen LogP contribution in [0.15, 0.2) is 35.3 Å². The zero-order valence-corrected chi connectivity index (χ0v) is 12.0. The van der Waals surface area contributed by atoms with Gasteiger partial charge in [-0.3, -0.25) is 0 Å². The summed E-state index contributed by atoms with van der Waals surface area (Å²) >= 11 is 0. The quantitative estimate of drug-likeness (QED) is 0.651. The minimum absolute atomic E-state index is 0.616. The molecule has 1 fully saturated rings. The Morgan fingerprint density at radius 1 is 1.45 bits per heavy atom. The van der Waals surface area contributed by atoms with Gasteiger partial charge in [-0.1, -0.05) is 25.1 Å². The Morgan fingerprint density at radius 2 is 2.30 bits per heavy atom. The number of guanidine groups is 1. The summed E-state index contributed by atoms with van der Waals surface area (Å²) in [7, 11) is 0. The molecule has 0 amide bonds. The monoisotopic (exact) mass is 270 g/mol. The molecule has 106 valence electrons. The summed E-state index contributed by atoms with van der Waals surface area (Å²) in [5.74, 6) is 1.39. The van der Waals surface area contributed by atoms with Crippen LogP contribution in [0.25, 0.3) is 10.9 Å². The molecule has 1 atom stereocenters. The topological polar surface area (TPSA) is 57.4 Å². The van der Waals surface area contributed by atoms with Crippen LogP contribution >= 0.6 is 0 Å². The fraction of sp³-hybridized carbons (Fsp3) is 0.438. The van der Waals surface area contributed by atoms with Crippen LogP contribution in [0.5, 0.6) is 0 Å². The van der Waals surface area contributed by atoms with Crippen molar-refractivity contribution >= 4 is 16.9 Å². The fourth-order valence-electron chi connectivity index (χ4n) is 2.88. The molecule has 1 aliphatic rings. The molecular weight excluding hydrogens is 248 g/mol. The van der Waals surface area contributed by atoms with Crippen LogP contribution in [-0.4, -0.2) is 28.9 Å². The van der Waals surface area contributed by atoms with E-state index in [9.17, 15) is 0 Å². The molecule has 1 unspecified atom stereocenters. The number of likely N-dealkylation sites (tertiary alicyclic amines) is 1. The number of aromatic amines is 1. The zero-order valence-electron chi connectivity index (χ0n) is 12.0. The van der Waals surface area contributed by atoms with Crippen molar-refractivity contribution in [2.24, 2.45) is 16.6 Å². The summed E-state index contributed by atoms with van der Waals surface area (Å²) in [6.07, 6.45) is 2.51. The van der Waals surface area contributed by atoms with Crippen LogP contribution in [0.3, 0.4) is 0 Å². The van der Waals surface area contributed by atoms with Gasteiger partial charge in [0.15, 0.2) is 5.96 Å². The van der Waals surface area contributed by atoms with E-state index in [1.165, 1.54) is 18.2 Å². The highest BCUT2D eigenvalue weighted by molar-refractivity contribution is 5.81. The lowest BCUT2D eigenvalue weighted by Gasteiger charge is -2.31. The minimum Gasteiger partial charge on any atom is -0.370 e. The summed E-state index contributed by atoms with van der Waals surface area (Å²) in [4.78, 5) is 10.1. The number of aromatic nitrogens is 1. The van der Waals surface area contributed by atoms with Gasteiger partial charge in [-0.25, -0.2) is 4.99 Å². The summed E-state index contributed by atoms with van der Waals surface area (Å²) in [5.41, 5.74) is 8.38. The third kappa shape index (κ3) is 2.79. The largest absolute Gasteiger partial charge is 0.370 e. The van der Waals surface area contributed by atoms with Crippen molar-refractivity contribution in [3.05, 3.63) is 36.0 Å². The number of H-pyrrole nitrogens is 1. The van der Waals surface area contributed by atoms with Gasteiger partial charge in [0.25, 0.3) is 0 Å². The van der Waals surface area contributed by atoms with E-state index in [1.807, 2.05) is 12.1 Å². The van der Waals surface area contributed by atoms with Gasteiger partial charge < -0.3 is 15.6 Å². The molecule has 0 bridgehead atoms. The first-order valence-corrected chi connectivity index (χ1v) is 7.34. The van der Waals surface area contributed by atoms with Crippen molar-refractivity contribution in [1.82, 2.24) is 9.88 Å². The Hall–Kier alpha value is -1.97. The second-order valence-corrected chi connectivity index (χ2v) is 5.75. The van der Waals surface area contributed by atoms with Gasteiger partial charge >= 0.3 is 0 Å². The first kappa shape index (κ1) is 13.0. The molecule has 0 radical (unpaired) electrons. The van der Waals surface area contributed by atoms with E-state index < -0.39 is 0 Å². The lowest BCUT2D eigenvalue weighted by atomic mass is 10.0. The lowest BCUT2D eigenvalue weighted by molar-refractivity contribution is 0.270. The molecule has 2 aromatic rings. The van der Waals surface area contributed by atoms with E-state index in [4.69, 9.17) is 5.73 Å². The predicted molar refractivity (Wildman–Crippen MR) is 83.6 cm³/mol. The summed E-state index contributed by atoms with van der Waals surface area (Å²) < 4.78 is 0. The number of fused-ring (bicyclic) bond motifs is 1. The van der Waals surface area contributed by atoms with Crippen molar-refractivity contribution in [3.8, 4) is 0 Å². The highest BCUT2D eigenvalue weighted by Crippen LogP contribution is 2.17. The number of benzene rings is 1. The molecule has 1 aliphatic heterocycles. The molecule has 0 aliphatic carbocycles. The van der Waals surface area contributed by atoms with Gasteiger partial charge in [-0.05, 0) is 36.3 Å². The van der Waals surface area contributed by atoms with E-state index in [1.54, 1.807) is 0 Å². The lowest BCUT2D eigenvalue weighted by Crippen LogP contribution is -2.43. The number of nitrogens with one attached hydrogen (secondary N) is 1. The third-order valence-corrected chi connectivity index (χ3v) is 3.98. The van der Waals surface area contributed by atoms with Gasteiger partial charge in [0.1, 0.15) is 0 Å². The molecular formula is C16H22N4. The van der Waals surface area contributed by atoms with E-state index in [0.29, 0.717) is 18.4 Å². The van der Waals surface area contributed by atoms with Crippen molar-refractivity contribution in [1.29, 1.82) is 0 Å². The van der Waals surface area contributed by atoms with E-state index in [0.717, 1.165) is 24.3 Å². The Morgan fingerprint density at radius 3 is 3.10 bits per heavy atom. The molecule has 1 aromatic carbocycles. The Labute approximate surface area is 119 Å². The molecule has 4 heteroatoms. The molecule has 0 saturated carbocycles. The first-order valence-electron chi connectivity index (χ1n) is 7.34. The van der Waals surface area contributed by atoms with Crippen molar-refractivity contribution in [3.63, 3.8) is 0 Å². The van der Waals surface area contributed by atoms with Gasteiger partial charge in [0.05, 0.1) is 6.54 Å². The van der Waals surface area contributed by atoms with Crippen LogP contribution < -0.4 is 5.73 Å². The van der Waals surface area contributed by atoms with Gasteiger partial charge in [-0.2, -0.15) is 0 Å². The Bertz CT molecular complexity index is 581. The fourth-order valence-corrected chi connectivity index (χ4v) is 2.88. The second kappa shape index (κ2) is 5.57. The zero-order chi connectivity index (χ0) is 13.9. The molecule has 4 nitrogen and oxygen atoms in total. The van der Waals surface area contributed by atoms with Crippen molar-refractivity contribution in [2.45, 2.75) is 26.3 Å². The number of hydrogen-bond acceptors (Lipinski definition) is 1. The van der Waals surface area contributed by atoms with Crippen molar-refractivity contribution < 1.29 is 0 Å². The number of nitrogens with zero attached hydrogens (tertiary/aromatic N) is 2. The van der Waals surface area contributed by atoms with Crippen LogP contribution in [0.2, 0.25) is 0 Å². The second-order valence-electron chi connectivity index (χ2n) is 5.75. The van der Waals surface area contributed by atoms with E-state index in [2.05, 4.69) is 40.0 Å². The third-order valence-electron chi connectivity index (χ3n) is 3.98. The van der Waals surface area contributed by atoms with Gasteiger partial charge in [-0.15, -0.1) is 0 Å². The number of piperidine rings is 1. The highest BCUT2D eigenvalue weighted by atomic mass is 15.3. The summed E-state index contributed by atoms with van der Waals surface area (Å²) in [5, 5.41) is 1.22. The standard InChI is InChI=1S/C16H22N4/c1-12-5-4-8-20(11-12)16(17)18-10-14-9-13-6-2-3-7-15(13)19-14/h2-3,6-7,9,12,19H,4-5,8,10-11H2,1H3,(H2,17,18). The van der Waals surface area contributed by atoms with Crippen LogP contribution in [0, 0.1) is 5.92 Å². The maximum Gasteiger partial charge on any atom is 0.191 e. The molecule has 0 spiro atoms. The van der Waals surface area contributed by atoms with Crippen molar-refractivity contribution in [2.75, 3.05) is 13.1 Å². The molecule has 3 rings (SSSR count). The average Bonchev–Trinajstić information content (AvgIpc) is 2.87. The average molecular weight is 270 g/mol. The Kier molecular flexibility index (Phi) is 3.63.